The Bertz CT molecular complexity index is 558. The van der Waals surface area contributed by atoms with E-state index in [0.717, 1.165) is 6.07 Å². The van der Waals surface area contributed by atoms with Gasteiger partial charge in [0.05, 0.1) is 5.56 Å². The summed E-state index contributed by atoms with van der Waals surface area (Å²) in [5.74, 6) is -2.49. The van der Waals surface area contributed by atoms with E-state index >= 15 is 0 Å². The summed E-state index contributed by atoms with van der Waals surface area (Å²) in [6.07, 6.45) is -4.69. The molecule has 116 valence electrons. The SMILES string of the molecule is CC(C)C(Nc1nc(C(F)(F)F)ccc1C(N)=O)C(N)=O. The quantitative estimate of drug-likeness (QED) is 0.756. The summed E-state index contributed by atoms with van der Waals surface area (Å²) in [4.78, 5) is 25.9. The van der Waals surface area contributed by atoms with E-state index in [4.69, 9.17) is 11.5 Å². The third-order valence-electron chi connectivity index (χ3n) is 2.72. The summed E-state index contributed by atoms with van der Waals surface area (Å²) >= 11 is 0. The highest BCUT2D eigenvalue weighted by Gasteiger charge is 2.34. The van der Waals surface area contributed by atoms with Gasteiger partial charge in [-0.25, -0.2) is 4.98 Å². The highest BCUT2D eigenvalue weighted by atomic mass is 19.4. The van der Waals surface area contributed by atoms with Gasteiger partial charge in [0.15, 0.2) is 0 Å². The molecule has 1 aromatic heterocycles. The lowest BCUT2D eigenvalue weighted by Gasteiger charge is -2.21. The number of carbonyl (C=O) groups is 2. The number of pyridine rings is 1. The highest BCUT2D eigenvalue weighted by molar-refractivity contribution is 5.98. The van der Waals surface area contributed by atoms with Crippen LogP contribution in [-0.4, -0.2) is 22.8 Å². The van der Waals surface area contributed by atoms with E-state index in [1.54, 1.807) is 13.8 Å². The fourth-order valence-electron chi connectivity index (χ4n) is 1.64. The topological polar surface area (TPSA) is 111 Å². The first-order chi connectivity index (χ1) is 9.54. The third kappa shape index (κ3) is 4.07. The van der Waals surface area contributed by atoms with Gasteiger partial charge in [0.1, 0.15) is 17.6 Å². The van der Waals surface area contributed by atoms with E-state index in [1.165, 1.54) is 0 Å². The molecule has 0 aliphatic carbocycles. The number of alkyl halides is 3. The van der Waals surface area contributed by atoms with E-state index < -0.39 is 35.5 Å². The van der Waals surface area contributed by atoms with Crippen molar-refractivity contribution in [2.24, 2.45) is 17.4 Å². The predicted octanol–water partition coefficient (Wildman–Crippen LogP) is 1.12. The number of amides is 2. The Balaban J connectivity index is 3.30. The zero-order chi connectivity index (χ0) is 16.4. The zero-order valence-electron chi connectivity index (χ0n) is 11.4. The monoisotopic (exact) mass is 304 g/mol. The number of nitrogens with zero attached hydrogens (tertiary/aromatic N) is 1. The molecule has 0 saturated carbocycles. The first-order valence-electron chi connectivity index (χ1n) is 5.98. The van der Waals surface area contributed by atoms with Crippen molar-refractivity contribution < 1.29 is 22.8 Å². The van der Waals surface area contributed by atoms with Crippen molar-refractivity contribution in [1.29, 1.82) is 0 Å². The van der Waals surface area contributed by atoms with E-state index in [1.807, 2.05) is 0 Å². The van der Waals surface area contributed by atoms with Gasteiger partial charge >= 0.3 is 6.18 Å². The van der Waals surface area contributed by atoms with Gasteiger partial charge in [-0.3, -0.25) is 9.59 Å². The summed E-state index contributed by atoms with van der Waals surface area (Å²) < 4.78 is 38.0. The average Bonchev–Trinajstić information content (AvgIpc) is 2.33. The Morgan fingerprint density at radius 3 is 2.19 bits per heavy atom. The number of hydrogen-bond donors (Lipinski definition) is 3. The summed E-state index contributed by atoms with van der Waals surface area (Å²) in [7, 11) is 0. The molecular formula is C12H15F3N4O2. The van der Waals surface area contributed by atoms with Crippen molar-refractivity contribution >= 4 is 17.6 Å². The van der Waals surface area contributed by atoms with Crippen molar-refractivity contribution in [2.45, 2.75) is 26.1 Å². The molecule has 0 fully saturated rings. The van der Waals surface area contributed by atoms with Gasteiger partial charge in [0, 0.05) is 0 Å². The van der Waals surface area contributed by atoms with Crippen molar-refractivity contribution in [3.05, 3.63) is 23.4 Å². The van der Waals surface area contributed by atoms with Gasteiger partial charge in [0.2, 0.25) is 5.91 Å². The van der Waals surface area contributed by atoms with Crippen LogP contribution < -0.4 is 16.8 Å². The van der Waals surface area contributed by atoms with E-state index in [2.05, 4.69) is 10.3 Å². The van der Waals surface area contributed by atoms with Gasteiger partial charge in [-0.1, -0.05) is 13.8 Å². The molecule has 1 heterocycles. The minimum atomic E-state index is -4.69. The second-order valence-electron chi connectivity index (χ2n) is 4.72. The average molecular weight is 304 g/mol. The molecular weight excluding hydrogens is 289 g/mol. The Labute approximate surface area is 118 Å². The molecule has 5 N–H and O–H groups in total. The highest BCUT2D eigenvalue weighted by Crippen LogP contribution is 2.29. The van der Waals surface area contributed by atoms with Gasteiger partial charge in [0.25, 0.3) is 5.91 Å². The van der Waals surface area contributed by atoms with Crippen LogP contribution in [0.4, 0.5) is 19.0 Å². The minimum absolute atomic E-state index is 0.255. The number of hydrogen-bond acceptors (Lipinski definition) is 4. The molecule has 1 aromatic rings. The molecule has 0 aromatic carbocycles. The van der Waals surface area contributed by atoms with Gasteiger partial charge in [-0.15, -0.1) is 0 Å². The van der Waals surface area contributed by atoms with Crippen molar-refractivity contribution in [2.75, 3.05) is 5.32 Å². The van der Waals surface area contributed by atoms with E-state index in [-0.39, 0.29) is 11.5 Å². The van der Waals surface area contributed by atoms with Gasteiger partial charge < -0.3 is 16.8 Å². The van der Waals surface area contributed by atoms with Crippen LogP contribution in [0, 0.1) is 5.92 Å². The first-order valence-corrected chi connectivity index (χ1v) is 5.98. The van der Waals surface area contributed by atoms with Crippen LogP contribution in [0.2, 0.25) is 0 Å². The first kappa shape index (κ1) is 16.7. The van der Waals surface area contributed by atoms with Crippen molar-refractivity contribution in [3.63, 3.8) is 0 Å². The summed E-state index contributed by atoms with van der Waals surface area (Å²) in [6.45, 7) is 3.28. The molecule has 0 aliphatic rings. The number of rotatable bonds is 5. The Morgan fingerprint density at radius 1 is 1.24 bits per heavy atom. The number of aromatic nitrogens is 1. The molecule has 1 atom stereocenters. The summed E-state index contributed by atoms with van der Waals surface area (Å²) in [5, 5.41) is 2.45. The number of primary amides is 2. The lowest BCUT2D eigenvalue weighted by atomic mass is 10.0. The maximum Gasteiger partial charge on any atom is 0.433 e. The Kier molecular flexibility index (Phi) is 4.77. The van der Waals surface area contributed by atoms with Crippen LogP contribution in [0.25, 0.3) is 0 Å². The second-order valence-corrected chi connectivity index (χ2v) is 4.72. The fraction of sp³-hybridized carbons (Fsp3) is 0.417. The number of anilines is 1. The summed E-state index contributed by atoms with van der Waals surface area (Å²) in [5.41, 5.74) is 8.79. The standard InChI is InChI=1S/C12H15F3N4O2/c1-5(2)8(10(17)21)19-11-6(9(16)20)3-4-7(18-11)12(13,14)15/h3-5,8H,1-2H3,(H2,16,20)(H2,17,21)(H,18,19). The number of nitrogens with one attached hydrogen (secondary N) is 1. The van der Waals surface area contributed by atoms with Crippen molar-refractivity contribution in [1.82, 2.24) is 4.98 Å². The molecule has 2 amide bonds. The van der Waals surface area contributed by atoms with Crippen LogP contribution in [0.3, 0.4) is 0 Å². The molecule has 0 aliphatic heterocycles. The number of nitrogens with two attached hydrogens (primary N) is 2. The van der Waals surface area contributed by atoms with Crippen molar-refractivity contribution in [3.8, 4) is 0 Å². The van der Waals surface area contributed by atoms with E-state index in [9.17, 15) is 22.8 Å². The molecule has 6 nitrogen and oxygen atoms in total. The second kappa shape index (κ2) is 5.98. The number of halogens is 3. The molecule has 1 unspecified atom stereocenters. The molecule has 0 bridgehead atoms. The zero-order valence-corrected chi connectivity index (χ0v) is 11.4. The molecule has 0 radical (unpaired) electrons. The predicted molar refractivity (Wildman–Crippen MR) is 69.2 cm³/mol. The Hall–Kier alpha value is -2.32. The van der Waals surface area contributed by atoms with Crippen LogP contribution in [0.1, 0.15) is 29.9 Å². The van der Waals surface area contributed by atoms with Crippen LogP contribution >= 0.6 is 0 Å². The lowest BCUT2D eigenvalue weighted by molar-refractivity contribution is -0.141. The van der Waals surface area contributed by atoms with Crippen LogP contribution in [0.15, 0.2) is 12.1 Å². The van der Waals surface area contributed by atoms with Gasteiger partial charge in [-0.2, -0.15) is 13.2 Å². The fourth-order valence-corrected chi connectivity index (χ4v) is 1.64. The summed E-state index contributed by atoms with van der Waals surface area (Å²) in [6, 6.07) is 0.554. The van der Waals surface area contributed by atoms with E-state index in [0.29, 0.717) is 6.07 Å². The molecule has 21 heavy (non-hydrogen) atoms. The smallest absolute Gasteiger partial charge is 0.368 e. The van der Waals surface area contributed by atoms with Crippen LogP contribution in [-0.2, 0) is 11.0 Å². The molecule has 0 saturated heterocycles. The minimum Gasteiger partial charge on any atom is -0.368 e. The third-order valence-corrected chi connectivity index (χ3v) is 2.72. The lowest BCUT2D eigenvalue weighted by Crippen LogP contribution is -2.40. The Morgan fingerprint density at radius 2 is 1.81 bits per heavy atom. The number of carbonyl (C=O) groups excluding carboxylic acids is 2. The molecule has 1 rings (SSSR count). The molecule has 0 spiro atoms. The largest absolute Gasteiger partial charge is 0.433 e. The maximum atomic E-state index is 12.7. The van der Waals surface area contributed by atoms with Gasteiger partial charge in [-0.05, 0) is 18.1 Å². The van der Waals surface area contributed by atoms with Crippen LogP contribution in [0.5, 0.6) is 0 Å². The molecule has 9 heteroatoms. The normalized spacial score (nSPS) is 13.0. The maximum absolute atomic E-state index is 12.7.